The van der Waals surface area contributed by atoms with Crippen LogP contribution in [0.15, 0.2) is 0 Å². The lowest BCUT2D eigenvalue weighted by Gasteiger charge is -2.20. The predicted molar refractivity (Wildman–Crippen MR) is 46.7 cm³/mol. The molecule has 0 spiro atoms. The van der Waals surface area contributed by atoms with E-state index in [1.807, 2.05) is 0 Å². The van der Waals surface area contributed by atoms with Gasteiger partial charge in [0.2, 0.25) is 0 Å². The summed E-state index contributed by atoms with van der Waals surface area (Å²) in [5, 5.41) is 8.15. The van der Waals surface area contributed by atoms with Gasteiger partial charge in [-0.2, -0.15) is 8.78 Å². The van der Waals surface area contributed by atoms with Gasteiger partial charge < -0.3 is 5.11 Å². The summed E-state index contributed by atoms with van der Waals surface area (Å²) < 4.78 is 25.3. The number of nitrogens with zero attached hydrogens (tertiary/aromatic N) is 1. The summed E-state index contributed by atoms with van der Waals surface area (Å²) in [4.78, 5) is 11.1. The topological polar surface area (TPSA) is 40.5 Å². The van der Waals surface area contributed by atoms with Gasteiger partial charge in [-0.15, -0.1) is 12.8 Å². The van der Waals surface area contributed by atoms with Crippen LogP contribution in [0.3, 0.4) is 0 Å². The molecule has 0 radical (unpaired) electrons. The summed E-state index contributed by atoms with van der Waals surface area (Å²) in [6, 6.07) is 0. The van der Waals surface area contributed by atoms with E-state index in [0.717, 1.165) is 4.90 Å². The number of carboxylic acid groups (broad SMARTS) is 1. The van der Waals surface area contributed by atoms with Crippen LogP contribution < -0.4 is 0 Å². The molecule has 0 aliphatic heterocycles. The number of alkyl halides is 2. The second-order valence-electron chi connectivity index (χ2n) is 2.56. The largest absolute Gasteiger partial charge is 0.477 e. The molecular formula is C9H9F2NO2. The van der Waals surface area contributed by atoms with Gasteiger partial charge in [0.25, 0.3) is 0 Å². The maximum Gasteiger partial charge on any atom is 0.375 e. The van der Waals surface area contributed by atoms with Gasteiger partial charge >= 0.3 is 11.9 Å². The second kappa shape index (κ2) is 5.21. The number of halogens is 2. The Bertz CT molecular complexity index is 272. The molecule has 0 heterocycles. The zero-order chi connectivity index (χ0) is 11.2. The van der Waals surface area contributed by atoms with E-state index >= 15 is 0 Å². The Morgan fingerprint density at radius 3 is 2.07 bits per heavy atom. The standard InChI is InChI=1S/C9H9F2NO2/c1-3-5-12(6-4-2)7-9(10,11)8(13)14/h1-2H,5-7H2,(H,13,14). The summed E-state index contributed by atoms with van der Waals surface area (Å²) in [6.45, 7) is -1.18. The smallest absolute Gasteiger partial charge is 0.375 e. The van der Waals surface area contributed by atoms with Gasteiger partial charge in [0.05, 0.1) is 19.6 Å². The van der Waals surface area contributed by atoms with Gasteiger partial charge in [-0.05, 0) is 0 Å². The van der Waals surface area contributed by atoms with E-state index in [4.69, 9.17) is 18.0 Å². The lowest BCUT2D eigenvalue weighted by Crippen LogP contribution is -2.42. The number of aliphatic carboxylic acids is 1. The van der Waals surface area contributed by atoms with E-state index in [9.17, 15) is 13.6 Å². The molecule has 0 saturated heterocycles. The van der Waals surface area contributed by atoms with Crippen molar-refractivity contribution in [3.8, 4) is 24.7 Å². The molecule has 3 nitrogen and oxygen atoms in total. The first-order valence-electron chi connectivity index (χ1n) is 3.64. The molecule has 76 valence electrons. The number of rotatable bonds is 5. The Balaban J connectivity index is 4.38. The summed E-state index contributed by atoms with van der Waals surface area (Å²) in [5.41, 5.74) is 0. The van der Waals surface area contributed by atoms with Crippen LogP contribution in [0.25, 0.3) is 0 Å². The minimum absolute atomic E-state index is 0.104. The van der Waals surface area contributed by atoms with Gasteiger partial charge in [-0.25, -0.2) is 4.79 Å². The number of hydrogen-bond acceptors (Lipinski definition) is 2. The first-order valence-corrected chi connectivity index (χ1v) is 3.64. The van der Waals surface area contributed by atoms with Crippen LogP contribution in [-0.2, 0) is 4.79 Å². The highest BCUT2D eigenvalue weighted by Crippen LogP contribution is 2.14. The molecule has 5 heteroatoms. The van der Waals surface area contributed by atoms with Crippen LogP contribution >= 0.6 is 0 Å². The van der Waals surface area contributed by atoms with Crippen molar-refractivity contribution in [2.24, 2.45) is 0 Å². The summed E-state index contributed by atoms with van der Waals surface area (Å²) in [5.74, 6) is -1.77. The van der Waals surface area contributed by atoms with Gasteiger partial charge in [-0.3, -0.25) is 4.90 Å². The lowest BCUT2D eigenvalue weighted by molar-refractivity contribution is -0.166. The van der Waals surface area contributed by atoms with E-state index < -0.39 is 18.4 Å². The first kappa shape index (κ1) is 12.4. The van der Waals surface area contributed by atoms with Crippen molar-refractivity contribution >= 4 is 5.97 Å². The third-order valence-corrected chi connectivity index (χ3v) is 1.36. The van der Waals surface area contributed by atoms with Gasteiger partial charge in [0.1, 0.15) is 0 Å². The SMILES string of the molecule is C#CCN(CC#C)CC(F)(F)C(=O)O. The van der Waals surface area contributed by atoms with E-state index in [-0.39, 0.29) is 13.1 Å². The fraction of sp³-hybridized carbons (Fsp3) is 0.444. The Morgan fingerprint density at radius 2 is 1.79 bits per heavy atom. The van der Waals surface area contributed by atoms with Crippen LogP contribution in [-0.4, -0.2) is 41.5 Å². The van der Waals surface area contributed by atoms with Crippen LogP contribution in [0.2, 0.25) is 0 Å². The highest BCUT2D eigenvalue weighted by molar-refractivity contribution is 5.75. The average Bonchev–Trinajstić information content (AvgIpc) is 2.04. The zero-order valence-corrected chi connectivity index (χ0v) is 7.33. The molecule has 0 amide bonds. The van der Waals surface area contributed by atoms with Crippen LogP contribution in [0.4, 0.5) is 8.78 Å². The Hall–Kier alpha value is -1.59. The Kier molecular flexibility index (Phi) is 4.62. The highest BCUT2D eigenvalue weighted by Gasteiger charge is 2.40. The van der Waals surface area contributed by atoms with Crippen molar-refractivity contribution in [1.29, 1.82) is 0 Å². The van der Waals surface area contributed by atoms with E-state index in [2.05, 4.69) is 11.8 Å². The van der Waals surface area contributed by atoms with Crippen LogP contribution in [0, 0.1) is 24.7 Å². The molecule has 0 unspecified atom stereocenters. The second-order valence-corrected chi connectivity index (χ2v) is 2.56. The molecule has 0 aliphatic rings. The monoisotopic (exact) mass is 201 g/mol. The van der Waals surface area contributed by atoms with Crippen molar-refractivity contribution in [2.75, 3.05) is 19.6 Å². The number of hydrogen-bond donors (Lipinski definition) is 1. The predicted octanol–water partition coefficient (Wildman–Crippen LogP) is 0.275. The molecule has 0 rings (SSSR count). The maximum absolute atomic E-state index is 12.7. The van der Waals surface area contributed by atoms with Crippen LogP contribution in [0.5, 0.6) is 0 Å². The molecule has 0 aromatic carbocycles. The van der Waals surface area contributed by atoms with Crippen molar-refractivity contribution in [1.82, 2.24) is 4.90 Å². The van der Waals surface area contributed by atoms with E-state index in [1.165, 1.54) is 0 Å². The quantitative estimate of drug-likeness (QED) is 0.649. The summed E-state index contributed by atoms with van der Waals surface area (Å²) >= 11 is 0. The van der Waals surface area contributed by atoms with Crippen molar-refractivity contribution in [2.45, 2.75) is 5.92 Å². The molecule has 0 aromatic heterocycles. The number of terminal acetylenes is 2. The van der Waals surface area contributed by atoms with Crippen molar-refractivity contribution in [3.05, 3.63) is 0 Å². The molecule has 0 saturated carbocycles. The molecule has 0 fully saturated rings. The minimum atomic E-state index is -3.83. The summed E-state index contributed by atoms with van der Waals surface area (Å²) in [6.07, 6.45) is 9.80. The molecule has 0 atom stereocenters. The number of carbonyl (C=O) groups is 1. The van der Waals surface area contributed by atoms with Crippen molar-refractivity contribution in [3.63, 3.8) is 0 Å². The maximum atomic E-state index is 12.7. The van der Waals surface area contributed by atoms with E-state index in [1.54, 1.807) is 0 Å². The van der Waals surface area contributed by atoms with Crippen LogP contribution in [0.1, 0.15) is 0 Å². The highest BCUT2D eigenvalue weighted by atomic mass is 19.3. The molecule has 0 aromatic rings. The molecule has 1 N–H and O–H groups in total. The fourth-order valence-electron chi connectivity index (χ4n) is 0.774. The average molecular weight is 201 g/mol. The van der Waals surface area contributed by atoms with Gasteiger partial charge in [-0.1, -0.05) is 11.8 Å². The molecule has 0 bridgehead atoms. The lowest BCUT2D eigenvalue weighted by atomic mass is 10.3. The third-order valence-electron chi connectivity index (χ3n) is 1.36. The summed E-state index contributed by atoms with van der Waals surface area (Å²) in [7, 11) is 0. The molecule has 14 heavy (non-hydrogen) atoms. The van der Waals surface area contributed by atoms with Gasteiger partial charge in [0, 0.05) is 0 Å². The van der Waals surface area contributed by atoms with E-state index in [0.29, 0.717) is 0 Å². The third kappa shape index (κ3) is 3.88. The van der Waals surface area contributed by atoms with Crippen molar-refractivity contribution < 1.29 is 18.7 Å². The number of carboxylic acids is 1. The Morgan fingerprint density at radius 1 is 1.36 bits per heavy atom. The normalized spacial score (nSPS) is 10.6. The fourth-order valence-corrected chi connectivity index (χ4v) is 0.774. The molecular weight excluding hydrogens is 192 g/mol. The van der Waals surface area contributed by atoms with Gasteiger partial charge in [0.15, 0.2) is 0 Å². The minimum Gasteiger partial charge on any atom is -0.477 e. The molecule has 0 aliphatic carbocycles. The first-order chi connectivity index (χ1) is 6.44. The Labute approximate surface area is 80.7 Å². The zero-order valence-electron chi connectivity index (χ0n) is 7.33.